The van der Waals surface area contributed by atoms with Crippen LogP contribution in [-0.2, 0) is 6.42 Å². The van der Waals surface area contributed by atoms with Gasteiger partial charge in [-0.1, -0.05) is 11.2 Å². The molecule has 20 heavy (non-hydrogen) atoms. The minimum absolute atomic E-state index is 0.156. The lowest BCUT2D eigenvalue weighted by molar-refractivity contribution is -0.367. The Morgan fingerprint density at radius 2 is 1.65 bits per heavy atom. The third-order valence-corrected chi connectivity index (χ3v) is 2.39. The molecule has 112 valence electrons. The van der Waals surface area contributed by atoms with Crippen LogP contribution in [0.5, 0.6) is 0 Å². The molecule has 1 heterocycles. The van der Waals surface area contributed by atoms with Crippen molar-refractivity contribution in [3.63, 3.8) is 0 Å². The van der Waals surface area contributed by atoms with E-state index in [-0.39, 0.29) is 5.69 Å². The number of halogens is 6. The molecule has 0 spiro atoms. The van der Waals surface area contributed by atoms with Crippen LogP contribution in [0.25, 0.3) is 0 Å². The molecule has 0 radical (unpaired) electrons. The fraction of sp³-hybridized carbons (Fsp3) is 0.400. The first kappa shape index (κ1) is 16.2. The van der Waals surface area contributed by atoms with Gasteiger partial charge in [-0.2, -0.15) is 26.3 Å². The molecule has 0 atom stereocenters. The van der Waals surface area contributed by atoms with Crippen molar-refractivity contribution in [3.05, 3.63) is 29.6 Å². The zero-order valence-electron chi connectivity index (χ0n) is 9.57. The lowest BCUT2D eigenvalue weighted by atomic mass is 9.95. The molecular weight excluding hydrogens is 294 g/mol. The van der Waals surface area contributed by atoms with E-state index in [9.17, 15) is 26.3 Å². The highest BCUT2D eigenvalue weighted by Gasteiger charge is 2.70. The van der Waals surface area contributed by atoms with Crippen molar-refractivity contribution in [2.24, 2.45) is 5.16 Å². The standard InChI is InChI=1S/C10H8F6N2O2/c11-9(12,13)8(19,10(14,15)16)4-6-2-1-3-7(18-6)5-17-20/h1-3,5,19-20H,4H2. The number of aliphatic hydroxyl groups is 1. The normalized spacial score (nSPS) is 13.9. The molecule has 1 aromatic rings. The Balaban J connectivity index is 3.18. The van der Waals surface area contributed by atoms with Gasteiger partial charge in [0.1, 0.15) is 0 Å². The third-order valence-electron chi connectivity index (χ3n) is 2.39. The largest absolute Gasteiger partial charge is 0.426 e. The maximum absolute atomic E-state index is 12.5. The van der Waals surface area contributed by atoms with Crippen molar-refractivity contribution < 1.29 is 36.7 Å². The van der Waals surface area contributed by atoms with Gasteiger partial charge in [0, 0.05) is 12.1 Å². The van der Waals surface area contributed by atoms with Crippen LogP contribution in [0.3, 0.4) is 0 Å². The van der Waals surface area contributed by atoms with E-state index < -0.39 is 30.1 Å². The first-order chi connectivity index (χ1) is 9.01. The minimum Gasteiger partial charge on any atom is -0.411 e. The highest BCUT2D eigenvalue weighted by molar-refractivity contribution is 5.76. The molecule has 0 saturated heterocycles. The molecule has 0 aliphatic carbocycles. The monoisotopic (exact) mass is 302 g/mol. The molecule has 0 unspecified atom stereocenters. The number of rotatable bonds is 3. The summed E-state index contributed by atoms with van der Waals surface area (Å²) in [4.78, 5) is 3.41. The highest BCUT2D eigenvalue weighted by Crippen LogP contribution is 2.44. The molecule has 0 aromatic carbocycles. The zero-order chi connectivity index (χ0) is 15.6. The van der Waals surface area contributed by atoms with Gasteiger partial charge in [0.05, 0.1) is 11.9 Å². The van der Waals surface area contributed by atoms with Crippen molar-refractivity contribution in [2.75, 3.05) is 0 Å². The molecule has 10 heteroatoms. The van der Waals surface area contributed by atoms with Crippen molar-refractivity contribution in [1.29, 1.82) is 0 Å². The summed E-state index contributed by atoms with van der Waals surface area (Å²) < 4.78 is 74.8. The molecule has 0 saturated carbocycles. The van der Waals surface area contributed by atoms with E-state index in [0.29, 0.717) is 0 Å². The second kappa shape index (κ2) is 5.27. The maximum Gasteiger partial charge on any atom is 0.426 e. The van der Waals surface area contributed by atoms with Gasteiger partial charge in [0.25, 0.3) is 5.60 Å². The van der Waals surface area contributed by atoms with Crippen LogP contribution in [0.2, 0.25) is 0 Å². The lowest BCUT2D eigenvalue weighted by Crippen LogP contribution is -2.58. The summed E-state index contributed by atoms with van der Waals surface area (Å²) in [5.74, 6) is 0. The molecule has 0 amide bonds. The zero-order valence-corrected chi connectivity index (χ0v) is 9.57. The highest BCUT2D eigenvalue weighted by atomic mass is 19.4. The van der Waals surface area contributed by atoms with Crippen LogP contribution in [0.4, 0.5) is 26.3 Å². The first-order valence-corrected chi connectivity index (χ1v) is 5.00. The summed E-state index contributed by atoms with van der Waals surface area (Å²) in [7, 11) is 0. The fourth-order valence-electron chi connectivity index (χ4n) is 1.35. The Bertz CT molecular complexity index is 483. The summed E-state index contributed by atoms with van der Waals surface area (Å²) >= 11 is 0. The second-order valence-electron chi connectivity index (χ2n) is 3.83. The van der Waals surface area contributed by atoms with Gasteiger partial charge < -0.3 is 10.3 Å². The summed E-state index contributed by atoms with van der Waals surface area (Å²) in [5, 5.41) is 19.8. The molecule has 2 N–H and O–H groups in total. The summed E-state index contributed by atoms with van der Waals surface area (Å²) in [6.07, 6.45) is -12.9. The molecule has 1 rings (SSSR count). The van der Waals surface area contributed by atoms with E-state index >= 15 is 0 Å². The van der Waals surface area contributed by atoms with E-state index in [1.807, 2.05) is 0 Å². The minimum atomic E-state index is -5.91. The summed E-state index contributed by atoms with van der Waals surface area (Å²) in [5.41, 5.74) is -5.71. The van der Waals surface area contributed by atoms with Crippen LogP contribution in [0.1, 0.15) is 11.4 Å². The summed E-state index contributed by atoms with van der Waals surface area (Å²) in [6, 6.07) is 3.20. The number of alkyl halides is 6. The molecule has 1 aromatic heterocycles. The van der Waals surface area contributed by atoms with Crippen molar-refractivity contribution >= 4 is 6.21 Å². The average Bonchev–Trinajstić information content (AvgIpc) is 2.26. The quantitative estimate of drug-likeness (QED) is 0.390. The van der Waals surface area contributed by atoms with E-state index in [1.54, 1.807) is 0 Å². The Hall–Kier alpha value is -1.84. The van der Waals surface area contributed by atoms with Gasteiger partial charge in [-0.25, -0.2) is 0 Å². The number of pyridine rings is 1. The molecule has 0 aliphatic heterocycles. The number of aromatic nitrogens is 1. The van der Waals surface area contributed by atoms with Crippen molar-refractivity contribution in [1.82, 2.24) is 4.98 Å². The Morgan fingerprint density at radius 1 is 1.10 bits per heavy atom. The van der Waals surface area contributed by atoms with Crippen molar-refractivity contribution in [3.8, 4) is 0 Å². The fourth-order valence-corrected chi connectivity index (χ4v) is 1.35. The Morgan fingerprint density at radius 3 is 2.10 bits per heavy atom. The van der Waals surface area contributed by atoms with Gasteiger partial charge >= 0.3 is 12.4 Å². The van der Waals surface area contributed by atoms with Crippen LogP contribution in [0, 0.1) is 0 Å². The van der Waals surface area contributed by atoms with E-state index in [0.717, 1.165) is 18.3 Å². The Labute approximate surface area is 108 Å². The molecule has 4 nitrogen and oxygen atoms in total. The predicted octanol–water partition coefficient (Wildman–Crippen LogP) is 2.29. The van der Waals surface area contributed by atoms with Crippen LogP contribution in [0.15, 0.2) is 23.4 Å². The van der Waals surface area contributed by atoms with E-state index in [4.69, 9.17) is 10.3 Å². The van der Waals surface area contributed by atoms with Crippen LogP contribution >= 0.6 is 0 Å². The maximum atomic E-state index is 12.5. The molecular formula is C10H8F6N2O2. The molecule has 0 bridgehead atoms. The van der Waals surface area contributed by atoms with E-state index in [2.05, 4.69) is 10.1 Å². The molecule has 0 aliphatic rings. The average molecular weight is 302 g/mol. The SMILES string of the molecule is ON=Cc1cccc(CC(O)(C(F)(F)F)C(F)(F)F)n1. The van der Waals surface area contributed by atoms with Gasteiger partial charge in [-0.3, -0.25) is 4.98 Å². The van der Waals surface area contributed by atoms with Gasteiger partial charge in [-0.15, -0.1) is 0 Å². The van der Waals surface area contributed by atoms with Gasteiger partial charge in [0.15, 0.2) is 0 Å². The van der Waals surface area contributed by atoms with E-state index in [1.165, 1.54) is 6.07 Å². The van der Waals surface area contributed by atoms with Gasteiger partial charge in [0.2, 0.25) is 0 Å². The van der Waals surface area contributed by atoms with Gasteiger partial charge in [-0.05, 0) is 12.1 Å². The topological polar surface area (TPSA) is 65.7 Å². The Kier molecular flexibility index (Phi) is 4.27. The number of oxime groups is 1. The third kappa shape index (κ3) is 3.18. The van der Waals surface area contributed by atoms with Crippen LogP contribution < -0.4 is 0 Å². The lowest BCUT2D eigenvalue weighted by Gasteiger charge is -2.32. The van der Waals surface area contributed by atoms with Crippen molar-refractivity contribution in [2.45, 2.75) is 24.4 Å². The smallest absolute Gasteiger partial charge is 0.411 e. The summed E-state index contributed by atoms with van der Waals surface area (Å²) in [6.45, 7) is 0. The first-order valence-electron chi connectivity index (χ1n) is 5.00. The molecule has 0 fully saturated rings. The number of nitrogens with zero attached hydrogens (tertiary/aromatic N) is 2. The number of hydrogen-bond donors (Lipinski definition) is 2. The number of hydrogen-bond acceptors (Lipinski definition) is 4. The predicted molar refractivity (Wildman–Crippen MR) is 54.4 cm³/mol. The second-order valence-corrected chi connectivity index (χ2v) is 3.83. The van der Waals surface area contributed by atoms with Crippen LogP contribution in [-0.4, -0.2) is 39.5 Å².